The number of methoxy groups -OCH3 is 1. The Morgan fingerprint density at radius 3 is 2.76 bits per heavy atom. The molecule has 0 aliphatic heterocycles. The van der Waals surface area contributed by atoms with Crippen LogP contribution in [0.2, 0.25) is 5.02 Å². The van der Waals surface area contributed by atoms with Crippen molar-refractivity contribution >= 4 is 27.5 Å². The summed E-state index contributed by atoms with van der Waals surface area (Å²) < 4.78 is 8.36. The number of aryl methyl sites for hydroxylation is 1. The molecule has 0 fully saturated rings. The van der Waals surface area contributed by atoms with E-state index >= 15 is 0 Å². The summed E-state index contributed by atoms with van der Waals surface area (Å²) in [5, 5.41) is 8.56. The number of nitrogens with one attached hydrogen (secondary N) is 1. The van der Waals surface area contributed by atoms with Crippen LogP contribution < -0.4 is 10.1 Å². The van der Waals surface area contributed by atoms with Crippen LogP contribution in [0.1, 0.15) is 31.1 Å². The molecule has 114 valence electrons. The molecule has 0 bridgehead atoms. The van der Waals surface area contributed by atoms with Gasteiger partial charge in [-0.25, -0.2) is 0 Å². The Bertz CT molecular complexity index is 593. The molecule has 0 aliphatic rings. The minimum Gasteiger partial charge on any atom is -0.493 e. The average molecular weight is 373 g/mol. The summed E-state index contributed by atoms with van der Waals surface area (Å²) in [5.41, 5.74) is 2.00. The van der Waals surface area contributed by atoms with Crippen LogP contribution in [0, 0.1) is 0 Å². The minimum atomic E-state index is -0.0620. The van der Waals surface area contributed by atoms with Crippen LogP contribution in [0.4, 0.5) is 0 Å². The smallest absolute Gasteiger partial charge is 0.161 e. The highest BCUT2D eigenvalue weighted by atomic mass is 79.9. The van der Waals surface area contributed by atoms with E-state index in [4.69, 9.17) is 16.3 Å². The van der Waals surface area contributed by atoms with Crippen molar-refractivity contribution in [3.8, 4) is 5.75 Å². The van der Waals surface area contributed by atoms with Gasteiger partial charge in [0.2, 0.25) is 0 Å². The van der Waals surface area contributed by atoms with Crippen molar-refractivity contribution in [2.45, 2.75) is 26.4 Å². The summed E-state index contributed by atoms with van der Waals surface area (Å²) >= 11 is 9.87. The monoisotopic (exact) mass is 371 g/mol. The fourth-order valence-electron chi connectivity index (χ4n) is 2.37. The molecule has 4 nitrogen and oxygen atoms in total. The third-order valence-electron chi connectivity index (χ3n) is 3.32. The van der Waals surface area contributed by atoms with Gasteiger partial charge in [-0.3, -0.25) is 4.68 Å². The van der Waals surface area contributed by atoms with Crippen LogP contribution in [0.5, 0.6) is 5.75 Å². The van der Waals surface area contributed by atoms with Crippen molar-refractivity contribution in [3.63, 3.8) is 0 Å². The van der Waals surface area contributed by atoms with Crippen LogP contribution in [0.25, 0.3) is 0 Å². The highest BCUT2D eigenvalue weighted by molar-refractivity contribution is 9.10. The Hall–Kier alpha value is -1.04. The largest absolute Gasteiger partial charge is 0.493 e. The van der Waals surface area contributed by atoms with Gasteiger partial charge in [-0.15, -0.1) is 0 Å². The zero-order valence-electron chi connectivity index (χ0n) is 12.4. The van der Waals surface area contributed by atoms with Crippen molar-refractivity contribution in [2.75, 3.05) is 13.7 Å². The number of halogens is 2. The van der Waals surface area contributed by atoms with Crippen molar-refractivity contribution in [1.82, 2.24) is 15.1 Å². The van der Waals surface area contributed by atoms with Crippen molar-refractivity contribution in [1.29, 1.82) is 0 Å². The van der Waals surface area contributed by atoms with Crippen molar-refractivity contribution < 1.29 is 4.74 Å². The Morgan fingerprint density at radius 2 is 2.19 bits per heavy atom. The van der Waals surface area contributed by atoms with Crippen LogP contribution >= 0.6 is 27.5 Å². The predicted octanol–water partition coefficient (Wildman–Crippen LogP) is 4.03. The molecule has 1 unspecified atom stereocenters. The van der Waals surface area contributed by atoms with Gasteiger partial charge in [-0.2, -0.15) is 5.10 Å². The van der Waals surface area contributed by atoms with Crippen LogP contribution in [-0.2, 0) is 6.54 Å². The highest BCUT2D eigenvalue weighted by Gasteiger charge is 2.24. The van der Waals surface area contributed by atoms with Crippen molar-refractivity contribution in [2.24, 2.45) is 0 Å². The summed E-state index contributed by atoms with van der Waals surface area (Å²) in [6, 6.07) is 5.85. The first-order chi connectivity index (χ1) is 10.1. The molecular weight excluding hydrogens is 354 g/mol. The van der Waals surface area contributed by atoms with E-state index in [1.165, 1.54) is 0 Å². The van der Waals surface area contributed by atoms with Gasteiger partial charge >= 0.3 is 0 Å². The number of rotatable bonds is 6. The fourth-order valence-corrected chi connectivity index (χ4v) is 3.15. The van der Waals surface area contributed by atoms with Gasteiger partial charge in [-0.1, -0.05) is 40.5 Å². The Morgan fingerprint density at radius 1 is 1.43 bits per heavy atom. The van der Waals surface area contributed by atoms with Gasteiger partial charge in [0.15, 0.2) is 5.75 Å². The van der Waals surface area contributed by atoms with Crippen LogP contribution in [0.15, 0.2) is 28.9 Å². The molecule has 1 aromatic heterocycles. The number of benzene rings is 1. The van der Waals surface area contributed by atoms with Gasteiger partial charge in [0.1, 0.15) is 5.69 Å². The molecule has 6 heteroatoms. The van der Waals surface area contributed by atoms with Gasteiger partial charge in [0.05, 0.1) is 19.3 Å². The third-order valence-corrected chi connectivity index (χ3v) is 4.14. The molecule has 0 amide bonds. The summed E-state index contributed by atoms with van der Waals surface area (Å²) in [5.74, 6) is 0.766. The minimum absolute atomic E-state index is 0.0620. The van der Waals surface area contributed by atoms with E-state index < -0.39 is 0 Å². The Balaban J connectivity index is 2.55. The molecule has 0 aliphatic carbocycles. The molecule has 2 aromatic rings. The normalized spacial score (nSPS) is 12.4. The standard InChI is InChI=1S/C15H19BrClN3O/c1-4-18-14(11-7-6-10(16)8-12(11)17)15-13(21-3)9-19-20(15)5-2/h6-9,14,18H,4-5H2,1-3H3. The molecule has 1 heterocycles. The first kappa shape index (κ1) is 16.3. The zero-order valence-corrected chi connectivity index (χ0v) is 14.7. The van der Waals surface area contributed by atoms with E-state index in [9.17, 15) is 0 Å². The van der Waals surface area contributed by atoms with Crippen LogP contribution in [0.3, 0.4) is 0 Å². The van der Waals surface area contributed by atoms with E-state index in [0.29, 0.717) is 5.02 Å². The number of hydrogen-bond acceptors (Lipinski definition) is 3. The second-order valence-corrected chi connectivity index (χ2v) is 5.89. The first-order valence-corrected chi connectivity index (χ1v) is 8.07. The number of ether oxygens (including phenoxy) is 1. The SMILES string of the molecule is CCNC(c1ccc(Br)cc1Cl)c1c(OC)cnn1CC. The molecule has 1 N–H and O–H groups in total. The zero-order chi connectivity index (χ0) is 15.4. The lowest BCUT2D eigenvalue weighted by atomic mass is 10.0. The quantitative estimate of drug-likeness (QED) is 0.832. The molecule has 0 radical (unpaired) electrons. The summed E-state index contributed by atoms with van der Waals surface area (Å²) in [6.07, 6.45) is 1.75. The van der Waals surface area contributed by atoms with Crippen LogP contribution in [-0.4, -0.2) is 23.4 Å². The molecular formula is C15H19BrClN3O. The molecule has 1 atom stereocenters. The molecule has 2 rings (SSSR count). The fraction of sp³-hybridized carbons (Fsp3) is 0.400. The van der Waals surface area contributed by atoms with Gasteiger partial charge in [-0.05, 0) is 31.2 Å². The van der Waals surface area contributed by atoms with E-state index in [1.807, 2.05) is 22.9 Å². The van der Waals surface area contributed by atoms with E-state index in [1.54, 1.807) is 13.3 Å². The Labute approximate surface area is 138 Å². The molecule has 0 saturated carbocycles. The summed E-state index contributed by atoms with van der Waals surface area (Å²) in [7, 11) is 1.66. The maximum Gasteiger partial charge on any atom is 0.161 e. The maximum atomic E-state index is 6.43. The lowest BCUT2D eigenvalue weighted by Gasteiger charge is -2.22. The second kappa shape index (κ2) is 7.29. The van der Waals surface area contributed by atoms with Gasteiger partial charge < -0.3 is 10.1 Å². The highest BCUT2D eigenvalue weighted by Crippen LogP contribution is 2.34. The number of nitrogens with zero attached hydrogens (tertiary/aromatic N) is 2. The van der Waals surface area contributed by atoms with Crippen molar-refractivity contribution in [3.05, 3.63) is 45.1 Å². The lowest BCUT2D eigenvalue weighted by molar-refractivity contribution is 0.399. The topological polar surface area (TPSA) is 39.1 Å². The van der Waals surface area contributed by atoms with Gasteiger partial charge in [0.25, 0.3) is 0 Å². The molecule has 21 heavy (non-hydrogen) atoms. The first-order valence-electron chi connectivity index (χ1n) is 6.90. The van der Waals surface area contributed by atoms with Gasteiger partial charge in [0, 0.05) is 16.0 Å². The number of hydrogen-bond donors (Lipinski definition) is 1. The molecule has 1 aromatic carbocycles. The predicted molar refractivity (Wildman–Crippen MR) is 89.1 cm³/mol. The average Bonchev–Trinajstić information content (AvgIpc) is 2.88. The third kappa shape index (κ3) is 3.42. The second-order valence-electron chi connectivity index (χ2n) is 4.57. The number of aromatic nitrogens is 2. The molecule has 0 saturated heterocycles. The Kier molecular flexibility index (Phi) is 5.67. The van der Waals surface area contributed by atoms with E-state index in [0.717, 1.165) is 34.6 Å². The summed E-state index contributed by atoms with van der Waals surface area (Å²) in [6.45, 7) is 5.71. The molecule has 0 spiro atoms. The summed E-state index contributed by atoms with van der Waals surface area (Å²) in [4.78, 5) is 0. The lowest BCUT2D eigenvalue weighted by Crippen LogP contribution is -2.25. The maximum absolute atomic E-state index is 6.43. The van der Waals surface area contributed by atoms with E-state index in [2.05, 4.69) is 40.2 Å². The van der Waals surface area contributed by atoms with E-state index in [-0.39, 0.29) is 6.04 Å².